The maximum absolute atomic E-state index is 14.1. The van der Waals surface area contributed by atoms with Gasteiger partial charge in [0.1, 0.15) is 5.60 Å². The zero-order valence-electron chi connectivity index (χ0n) is 14.3. The molecule has 1 amide bonds. The topological polar surface area (TPSA) is 75.9 Å². The summed E-state index contributed by atoms with van der Waals surface area (Å²) in [6, 6.07) is 3.44. The number of amides is 1. The first-order valence-electron chi connectivity index (χ1n) is 7.77. The van der Waals surface area contributed by atoms with Crippen LogP contribution in [-0.4, -0.2) is 47.2 Å². The lowest BCUT2D eigenvalue weighted by atomic mass is 10.1. The number of carbonyl (C=O) groups excluding carboxylic acids is 1. The number of ether oxygens (including phenoxy) is 1. The summed E-state index contributed by atoms with van der Waals surface area (Å²) in [6.45, 7) is 8.52. The third-order valence-corrected chi connectivity index (χ3v) is 3.74. The van der Waals surface area contributed by atoms with Gasteiger partial charge in [0, 0.05) is 31.7 Å². The average Bonchev–Trinajstić information content (AvgIpc) is 2.44. The molecule has 8 heteroatoms. The van der Waals surface area contributed by atoms with Crippen molar-refractivity contribution < 1.29 is 18.8 Å². The fourth-order valence-corrected chi connectivity index (χ4v) is 2.63. The number of nitrogens with zero attached hydrogens (tertiary/aromatic N) is 3. The van der Waals surface area contributed by atoms with Crippen LogP contribution in [-0.2, 0) is 4.74 Å². The molecular formula is C16H22FN3O4. The maximum atomic E-state index is 14.1. The Labute approximate surface area is 140 Å². The van der Waals surface area contributed by atoms with Crippen molar-refractivity contribution in [1.29, 1.82) is 0 Å². The van der Waals surface area contributed by atoms with Crippen molar-refractivity contribution in [3.63, 3.8) is 0 Å². The second-order valence-corrected chi connectivity index (χ2v) is 6.86. The minimum atomic E-state index is -0.637. The zero-order chi connectivity index (χ0) is 18.1. The molecule has 0 N–H and O–H groups in total. The maximum Gasteiger partial charge on any atom is 0.410 e. The molecule has 2 rings (SSSR count). The molecule has 1 aromatic carbocycles. The number of halogens is 1. The van der Waals surface area contributed by atoms with Gasteiger partial charge in [-0.1, -0.05) is 0 Å². The van der Waals surface area contributed by atoms with Crippen LogP contribution in [0.1, 0.15) is 27.7 Å². The Morgan fingerprint density at radius 1 is 1.38 bits per heavy atom. The number of nitro benzene ring substituents is 1. The lowest BCUT2D eigenvalue weighted by Gasteiger charge is -2.41. The van der Waals surface area contributed by atoms with Crippen LogP contribution in [0.3, 0.4) is 0 Å². The van der Waals surface area contributed by atoms with Crippen molar-refractivity contribution in [2.24, 2.45) is 0 Å². The minimum absolute atomic E-state index is 0.164. The summed E-state index contributed by atoms with van der Waals surface area (Å²) < 4.78 is 19.5. The van der Waals surface area contributed by atoms with Crippen molar-refractivity contribution in [1.82, 2.24) is 4.90 Å². The van der Waals surface area contributed by atoms with Crippen LogP contribution in [0, 0.1) is 15.9 Å². The van der Waals surface area contributed by atoms with Crippen LogP contribution in [0.5, 0.6) is 0 Å². The average molecular weight is 339 g/mol. The SMILES string of the molecule is CC1CN(c2ccc([N+](=O)[O-])cc2F)CCN1C(=O)OC(C)(C)C. The van der Waals surface area contributed by atoms with Crippen LogP contribution in [0.15, 0.2) is 18.2 Å². The van der Waals surface area contributed by atoms with Crippen LogP contribution >= 0.6 is 0 Å². The summed E-state index contributed by atoms with van der Waals surface area (Å²) in [7, 11) is 0. The molecule has 0 aliphatic carbocycles. The van der Waals surface area contributed by atoms with E-state index >= 15 is 0 Å². The fraction of sp³-hybridized carbons (Fsp3) is 0.562. The van der Waals surface area contributed by atoms with Gasteiger partial charge in [-0.2, -0.15) is 0 Å². The van der Waals surface area contributed by atoms with Gasteiger partial charge in [0.2, 0.25) is 0 Å². The highest BCUT2D eigenvalue weighted by molar-refractivity contribution is 5.69. The molecular weight excluding hydrogens is 317 g/mol. The summed E-state index contributed by atoms with van der Waals surface area (Å²) >= 11 is 0. The number of hydrogen-bond acceptors (Lipinski definition) is 5. The standard InChI is InChI=1S/C16H22FN3O4/c1-11-10-18(7-8-19(11)15(21)24-16(2,3)4)14-6-5-12(20(22)23)9-13(14)17/h5-6,9,11H,7-8,10H2,1-4H3. The molecule has 0 radical (unpaired) electrons. The molecule has 1 fully saturated rings. The number of non-ortho nitro benzene ring substituents is 1. The molecule has 0 spiro atoms. The highest BCUT2D eigenvalue weighted by Gasteiger charge is 2.31. The number of anilines is 1. The minimum Gasteiger partial charge on any atom is -0.444 e. The largest absolute Gasteiger partial charge is 0.444 e. The van der Waals surface area contributed by atoms with Gasteiger partial charge in [-0.15, -0.1) is 0 Å². The number of piperazine rings is 1. The van der Waals surface area contributed by atoms with E-state index in [4.69, 9.17) is 4.74 Å². The Balaban J connectivity index is 2.08. The number of hydrogen-bond donors (Lipinski definition) is 0. The third kappa shape index (κ3) is 4.12. The third-order valence-electron chi connectivity index (χ3n) is 3.74. The molecule has 1 saturated heterocycles. The Morgan fingerprint density at radius 2 is 2.04 bits per heavy atom. The summed E-state index contributed by atoms with van der Waals surface area (Å²) in [5, 5.41) is 10.7. The molecule has 132 valence electrons. The van der Waals surface area contributed by atoms with E-state index in [2.05, 4.69) is 0 Å². The van der Waals surface area contributed by atoms with E-state index in [-0.39, 0.29) is 17.8 Å². The Bertz CT molecular complexity index is 645. The van der Waals surface area contributed by atoms with Crippen molar-refractivity contribution in [2.75, 3.05) is 24.5 Å². The molecule has 1 aliphatic heterocycles. The van der Waals surface area contributed by atoms with E-state index in [1.165, 1.54) is 12.1 Å². The molecule has 7 nitrogen and oxygen atoms in total. The molecule has 1 unspecified atom stereocenters. The van der Waals surface area contributed by atoms with Crippen molar-refractivity contribution in [2.45, 2.75) is 39.3 Å². The molecule has 1 aliphatic rings. The van der Waals surface area contributed by atoms with E-state index in [1.807, 2.05) is 6.92 Å². The van der Waals surface area contributed by atoms with Gasteiger partial charge in [-0.05, 0) is 33.8 Å². The normalized spacial score (nSPS) is 18.5. The number of rotatable bonds is 2. The van der Waals surface area contributed by atoms with Crippen molar-refractivity contribution in [3.8, 4) is 0 Å². The molecule has 1 aromatic rings. The predicted octanol–water partition coefficient (Wildman–Crippen LogP) is 3.18. The molecule has 0 bridgehead atoms. The van der Waals surface area contributed by atoms with Crippen LogP contribution in [0.4, 0.5) is 20.6 Å². The van der Waals surface area contributed by atoms with E-state index in [1.54, 1.807) is 30.6 Å². The molecule has 24 heavy (non-hydrogen) atoms. The summed E-state index contributed by atoms with van der Waals surface area (Å²) in [5.74, 6) is -0.637. The number of benzene rings is 1. The van der Waals surface area contributed by atoms with Crippen LogP contribution < -0.4 is 4.90 Å². The van der Waals surface area contributed by atoms with E-state index in [0.717, 1.165) is 6.07 Å². The fourth-order valence-electron chi connectivity index (χ4n) is 2.63. The van der Waals surface area contributed by atoms with Gasteiger partial charge >= 0.3 is 6.09 Å². The Kier molecular flexibility index (Phi) is 4.96. The first kappa shape index (κ1) is 18.0. The van der Waals surface area contributed by atoms with E-state index in [0.29, 0.717) is 25.3 Å². The molecule has 1 heterocycles. The highest BCUT2D eigenvalue weighted by atomic mass is 19.1. The van der Waals surface area contributed by atoms with E-state index in [9.17, 15) is 19.3 Å². The van der Waals surface area contributed by atoms with Gasteiger partial charge < -0.3 is 14.5 Å². The first-order valence-corrected chi connectivity index (χ1v) is 7.77. The van der Waals surface area contributed by atoms with Crippen LogP contribution in [0.2, 0.25) is 0 Å². The molecule has 0 aromatic heterocycles. The monoisotopic (exact) mass is 339 g/mol. The van der Waals surface area contributed by atoms with Gasteiger partial charge in [0.05, 0.1) is 16.7 Å². The van der Waals surface area contributed by atoms with Crippen molar-refractivity contribution in [3.05, 3.63) is 34.1 Å². The predicted molar refractivity (Wildman–Crippen MR) is 87.7 cm³/mol. The smallest absolute Gasteiger partial charge is 0.410 e. The Morgan fingerprint density at radius 3 is 2.54 bits per heavy atom. The van der Waals surface area contributed by atoms with E-state index < -0.39 is 16.3 Å². The van der Waals surface area contributed by atoms with Gasteiger partial charge in [0.15, 0.2) is 5.82 Å². The molecule has 0 saturated carbocycles. The van der Waals surface area contributed by atoms with Gasteiger partial charge in [-0.3, -0.25) is 10.1 Å². The highest BCUT2D eigenvalue weighted by Crippen LogP contribution is 2.26. The molecule has 1 atom stereocenters. The Hall–Kier alpha value is -2.38. The van der Waals surface area contributed by atoms with Gasteiger partial charge in [0.25, 0.3) is 5.69 Å². The second-order valence-electron chi connectivity index (χ2n) is 6.86. The zero-order valence-corrected chi connectivity index (χ0v) is 14.3. The summed E-state index contributed by atoms with van der Waals surface area (Å²) in [4.78, 5) is 25.7. The summed E-state index contributed by atoms with van der Waals surface area (Å²) in [5.41, 5.74) is -0.550. The summed E-state index contributed by atoms with van der Waals surface area (Å²) in [6.07, 6.45) is -0.390. The van der Waals surface area contributed by atoms with Gasteiger partial charge in [-0.25, -0.2) is 9.18 Å². The number of nitro groups is 1. The van der Waals surface area contributed by atoms with Crippen LogP contribution in [0.25, 0.3) is 0 Å². The lowest BCUT2D eigenvalue weighted by molar-refractivity contribution is -0.385. The second kappa shape index (κ2) is 6.62. The van der Waals surface area contributed by atoms with Crippen molar-refractivity contribution >= 4 is 17.5 Å². The number of carbonyl (C=O) groups is 1. The quantitative estimate of drug-likeness (QED) is 0.611. The lowest BCUT2D eigenvalue weighted by Crippen LogP contribution is -2.55. The first-order chi connectivity index (χ1) is 11.1.